The molecular formula is C19H19NO3. The first kappa shape index (κ1) is 16.5. The van der Waals surface area contributed by atoms with E-state index in [1.165, 1.54) is 6.08 Å². The molecule has 0 fully saturated rings. The average Bonchev–Trinajstić information content (AvgIpc) is 2.55. The van der Waals surface area contributed by atoms with Crippen molar-refractivity contribution in [2.24, 2.45) is 0 Å². The van der Waals surface area contributed by atoms with Gasteiger partial charge in [-0.15, -0.1) is 0 Å². The second-order valence-electron chi connectivity index (χ2n) is 5.17. The van der Waals surface area contributed by atoms with Gasteiger partial charge in [-0.05, 0) is 36.6 Å². The summed E-state index contributed by atoms with van der Waals surface area (Å²) in [5, 5.41) is 2.77. The molecule has 0 bridgehead atoms. The van der Waals surface area contributed by atoms with Crippen LogP contribution in [0.5, 0.6) is 0 Å². The maximum Gasteiger partial charge on any atom is 0.331 e. The van der Waals surface area contributed by atoms with Crippen molar-refractivity contribution in [2.45, 2.75) is 13.8 Å². The summed E-state index contributed by atoms with van der Waals surface area (Å²) in [5.41, 5.74) is 3.58. The molecule has 0 aliphatic carbocycles. The van der Waals surface area contributed by atoms with Gasteiger partial charge in [0.2, 0.25) is 0 Å². The summed E-state index contributed by atoms with van der Waals surface area (Å²) in [6, 6.07) is 15.2. The molecule has 0 aliphatic rings. The number of carbonyl (C=O) groups excluding carboxylic acids is 2. The number of para-hydroxylation sites is 1. The van der Waals surface area contributed by atoms with Gasteiger partial charge in [0, 0.05) is 11.8 Å². The van der Waals surface area contributed by atoms with Crippen molar-refractivity contribution in [3.05, 3.63) is 71.3 Å². The fraction of sp³-hybridized carbons (Fsp3) is 0.158. The lowest BCUT2D eigenvalue weighted by atomic mass is 10.1. The van der Waals surface area contributed by atoms with E-state index < -0.39 is 5.97 Å². The molecule has 2 aromatic rings. The quantitative estimate of drug-likeness (QED) is 0.679. The maximum absolute atomic E-state index is 11.9. The Morgan fingerprint density at radius 2 is 1.65 bits per heavy atom. The van der Waals surface area contributed by atoms with Crippen LogP contribution in [0, 0.1) is 13.8 Å². The van der Waals surface area contributed by atoms with Gasteiger partial charge in [-0.25, -0.2) is 4.79 Å². The van der Waals surface area contributed by atoms with Gasteiger partial charge in [-0.1, -0.05) is 48.5 Å². The fourth-order valence-corrected chi connectivity index (χ4v) is 2.10. The lowest BCUT2D eigenvalue weighted by molar-refractivity contribution is -0.142. The van der Waals surface area contributed by atoms with Crippen LogP contribution >= 0.6 is 0 Å². The van der Waals surface area contributed by atoms with E-state index in [9.17, 15) is 9.59 Å². The molecule has 1 N–H and O–H groups in total. The normalized spacial score (nSPS) is 10.5. The van der Waals surface area contributed by atoms with Crippen molar-refractivity contribution in [2.75, 3.05) is 11.9 Å². The minimum Gasteiger partial charge on any atom is -0.452 e. The van der Waals surface area contributed by atoms with Gasteiger partial charge < -0.3 is 10.1 Å². The monoisotopic (exact) mass is 309 g/mol. The van der Waals surface area contributed by atoms with Gasteiger partial charge in [-0.2, -0.15) is 0 Å². The Morgan fingerprint density at radius 3 is 2.30 bits per heavy atom. The number of esters is 1. The summed E-state index contributed by atoms with van der Waals surface area (Å²) in [7, 11) is 0. The number of ether oxygens (including phenoxy) is 1. The van der Waals surface area contributed by atoms with Crippen molar-refractivity contribution in [1.82, 2.24) is 0 Å². The Kier molecular flexibility index (Phi) is 5.69. The molecular weight excluding hydrogens is 290 g/mol. The highest BCUT2D eigenvalue weighted by molar-refractivity contribution is 5.95. The van der Waals surface area contributed by atoms with Crippen LogP contribution in [-0.2, 0) is 14.3 Å². The lowest BCUT2D eigenvalue weighted by Crippen LogP contribution is -2.21. The SMILES string of the molecule is Cc1cccc(C)c1NC(=O)COC(=O)C=Cc1ccccc1. The Bertz CT molecular complexity index is 700. The molecule has 0 saturated carbocycles. The summed E-state index contributed by atoms with van der Waals surface area (Å²) in [5.74, 6) is -0.908. The van der Waals surface area contributed by atoms with E-state index in [-0.39, 0.29) is 12.5 Å². The smallest absolute Gasteiger partial charge is 0.331 e. The zero-order valence-corrected chi connectivity index (χ0v) is 13.2. The predicted molar refractivity (Wildman–Crippen MR) is 91.0 cm³/mol. The standard InChI is InChI=1S/C19H19NO3/c1-14-7-6-8-15(2)19(14)20-17(21)13-23-18(22)12-11-16-9-4-3-5-10-16/h3-12H,13H2,1-2H3,(H,20,21). The predicted octanol–water partition coefficient (Wildman–Crippen LogP) is 3.50. The Morgan fingerprint density at radius 1 is 1.00 bits per heavy atom. The van der Waals surface area contributed by atoms with E-state index in [1.54, 1.807) is 6.08 Å². The van der Waals surface area contributed by atoms with Gasteiger partial charge in [-0.3, -0.25) is 4.79 Å². The summed E-state index contributed by atoms with van der Waals surface area (Å²) in [4.78, 5) is 23.5. The largest absolute Gasteiger partial charge is 0.452 e. The van der Waals surface area contributed by atoms with Gasteiger partial charge in [0.1, 0.15) is 0 Å². The Balaban J connectivity index is 1.85. The highest BCUT2D eigenvalue weighted by atomic mass is 16.5. The molecule has 0 radical (unpaired) electrons. The minimum atomic E-state index is -0.550. The first-order valence-electron chi connectivity index (χ1n) is 7.32. The molecule has 0 aliphatic heterocycles. The van der Waals surface area contributed by atoms with Crippen LogP contribution in [0.15, 0.2) is 54.6 Å². The zero-order valence-electron chi connectivity index (χ0n) is 13.2. The van der Waals surface area contributed by atoms with Crippen molar-refractivity contribution in [3.8, 4) is 0 Å². The first-order chi connectivity index (χ1) is 11.1. The number of aryl methyl sites for hydroxylation is 2. The first-order valence-corrected chi connectivity index (χ1v) is 7.32. The highest BCUT2D eigenvalue weighted by Crippen LogP contribution is 2.19. The van der Waals surface area contributed by atoms with E-state index in [4.69, 9.17) is 4.74 Å². The number of hydrogen-bond donors (Lipinski definition) is 1. The van der Waals surface area contributed by atoms with Crippen LogP contribution in [0.2, 0.25) is 0 Å². The van der Waals surface area contributed by atoms with Crippen LogP contribution < -0.4 is 5.32 Å². The van der Waals surface area contributed by atoms with E-state index >= 15 is 0 Å². The Hall–Kier alpha value is -2.88. The minimum absolute atomic E-state index is 0.314. The third kappa shape index (κ3) is 5.11. The molecule has 0 unspecified atom stereocenters. The van der Waals surface area contributed by atoms with E-state index in [1.807, 2.05) is 62.4 Å². The molecule has 4 nitrogen and oxygen atoms in total. The fourth-order valence-electron chi connectivity index (χ4n) is 2.10. The van der Waals surface area contributed by atoms with Crippen molar-refractivity contribution in [3.63, 3.8) is 0 Å². The van der Waals surface area contributed by atoms with E-state index in [0.29, 0.717) is 0 Å². The van der Waals surface area contributed by atoms with Crippen LogP contribution in [0.1, 0.15) is 16.7 Å². The summed E-state index contributed by atoms with van der Waals surface area (Å²) < 4.78 is 4.94. The number of anilines is 1. The van der Waals surface area contributed by atoms with Crippen molar-refractivity contribution in [1.29, 1.82) is 0 Å². The van der Waals surface area contributed by atoms with E-state index in [2.05, 4.69) is 5.32 Å². The van der Waals surface area contributed by atoms with Gasteiger partial charge in [0.15, 0.2) is 6.61 Å². The third-order valence-corrected chi connectivity index (χ3v) is 3.30. The van der Waals surface area contributed by atoms with Crippen LogP contribution in [-0.4, -0.2) is 18.5 Å². The number of benzene rings is 2. The maximum atomic E-state index is 11.9. The molecule has 23 heavy (non-hydrogen) atoms. The second kappa shape index (κ2) is 7.94. The molecule has 4 heteroatoms. The van der Waals surface area contributed by atoms with Crippen LogP contribution in [0.4, 0.5) is 5.69 Å². The van der Waals surface area contributed by atoms with Crippen molar-refractivity contribution >= 4 is 23.6 Å². The number of amides is 1. The number of rotatable bonds is 5. The molecule has 118 valence electrons. The van der Waals surface area contributed by atoms with Gasteiger partial charge in [0.25, 0.3) is 5.91 Å². The molecule has 0 heterocycles. The second-order valence-corrected chi connectivity index (χ2v) is 5.17. The molecule has 1 amide bonds. The van der Waals surface area contributed by atoms with E-state index in [0.717, 1.165) is 22.4 Å². The zero-order chi connectivity index (χ0) is 16.7. The van der Waals surface area contributed by atoms with Gasteiger partial charge >= 0.3 is 5.97 Å². The number of carbonyl (C=O) groups is 2. The molecule has 0 aromatic heterocycles. The lowest BCUT2D eigenvalue weighted by Gasteiger charge is -2.11. The summed E-state index contributed by atoms with van der Waals surface area (Å²) in [6.45, 7) is 3.51. The van der Waals surface area contributed by atoms with Crippen molar-refractivity contribution < 1.29 is 14.3 Å². The average molecular weight is 309 g/mol. The molecule has 0 atom stereocenters. The van der Waals surface area contributed by atoms with Crippen LogP contribution in [0.25, 0.3) is 6.08 Å². The molecule has 0 spiro atoms. The number of hydrogen-bond acceptors (Lipinski definition) is 3. The summed E-state index contributed by atoms with van der Waals surface area (Å²) >= 11 is 0. The molecule has 0 saturated heterocycles. The molecule has 2 aromatic carbocycles. The third-order valence-electron chi connectivity index (χ3n) is 3.30. The van der Waals surface area contributed by atoms with Crippen LogP contribution in [0.3, 0.4) is 0 Å². The number of nitrogens with one attached hydrogen (secondary N) is 1. The van der Waals surface area contributed by atoms with Gasteiger partial charge in [0.05, 0.1) is 0 Å². The Labute approximate surface area is 135 Å². The molecule has 2 rings (SSSR count). The summed E-state index contributed by atoms with van der Waals surface area (Å²) in [6.07, 6.45) is 2.95. The topological polar surface area (TPSA) is 55.4 Å². The highest BCUT2D eigenvalue weighted by Gasteiger charge is 2.09.